The van der Waals surface area contributed by atoms with Crippen molar-refractivity contribution in [3.05, 3.63) is 0 Å². The number of carbonyl (C=O) groups excluding carboxylic acids is 1. The highest BCUT2D eigenvalue weighted by Gasteiger charge is 2.66. The van der Waals surface area contributed by atoms with Crippen molar-refractivity contribution in [3.8, 4) is 0 Å². The van der Waals surface area contributed by atoms with Crippen molar-refractivity contribution in [1.29, 1.82) is 0 Å². The van der Waals surface area contributed by atoms with E-state index < -0.39 is 18.0 Å². The van der Waals surface area contributed by atoms with Crippen molar-refractivity contribution < 1.29 is 18.0 Å². The zero-order valence-corrected chi connectivity index (χ0v) is 7.55. The first kappa shape index (κ1) is 9.80. The zero-order valence-electron chi connectivity index (χ0n) is 7.55. The van der Waals surface area contributed by atoms with E-state index in [1.807, 2.05) is 0 Å². The summed E-state index contributed by atoms with van der Waals surface area (Å²) in [6, 6.07) is 0. The molecule has 2 aliphatic carbocycles. The molecule has 0 heterocycles. The number of carbonyl (C=O) groups is 1. The highest BCUT2D eigenvalue weighted by atomic mass is 19.4. The summed E-state index contributed by atoms with van der Waals surface area (Å²) >= 11 is 0. The van der Waals surface area contributed by atoms with Crippen LogP contribution in [0.25, 0.3) is 0 Å². The van der Waals surface area contributed by atoms with E-state index in [0.717, 1.165) is 0 Å². The van der Waals surface area contributed by atoms with Gasteiger partial charge in [0.25, 0.3) is 0 Å². The molecule has 0 bridgehead atoms. The zero-order chi connectivity index (χ0) is 10.5. The van der Waals surface area contributed by atoms with Gasteiger partial charge in [0.15, 0.2) is 0 Å². The summed E-state index contributed by atoms with van der Waals surface area (Å²) in [5, 5.41) is 0. The Bertz CT molecular complexity index is 251. The molecule has 2 fully saturated rings. The maximum Gasteiger partial charge on any atom is 0.392 e. The van der Waals surface area contributed by atoms with E-state index in [1.54, 1.807) is 0 Å². The summed E-state index contributed by atoms with van der Waals surface area (Å²) in [6.07, 6.45) is -2.74. The topological polar surface area (TPSA) is 43.1 Å². The van der Waals surface area contributed by atoms with Crippen molar-refractivity contribution in [3.63, 3.8) is 0 Å². The van der Waals surface area contributed by atoms with Gasteiger partial charge in [-0.2, -0.15) is 13.2 Å². The summed E-state index contributed by atoms with van der Waals surface area (Å²) in [4.78, 5) is 10.6. The number of fused-ring (bicyclic) bond motifs is 1. The monoisotopic (exact) mass is 207 g/mol. The lowest BCUT2D eigenvalue weighted by Gasteiger charge is -2.13. The summed E-state index contributed by atoms with van der Waals surface area (Å²) in [5.74, 6) is -1.84. The van der Waals surface area contributed by atoms with E-state index in [0.29, 0.717) is 12.8 Å². The average Bonchev–Trinajstić information content (AvgIpc) is 2.49. The van der Waals surface area contributed by atoms with Gasteiger partial charge in [-0.1, -0.05) is 0 Å². The van der Waals surface area contributed by atoms with Gasteiger partial charge in [0, 0.05) is 6.42 Å². The van der Waals surface area contributed by atoms with Gasteiger partial charge in [0.1, 0.15) is 0 Å². The number of amides is 1. The molecule has 2 N–H and O–H groups in total. The smallest absolute Gasteiger partial charge is 0.370 e. The van der Waals surface area contributed by atoms with E-state index in [2.05, 4.69) is 0 Å². The lowest BCUT2D eigenvalue weighted by atomic mass is 9.96. The molecule has 2 aliphatic rings. The molecule has 0 unspecified atom stereocenters. The minimum absolute atomic E-state index is 0.0982. The lowest BCUT2D eigenvalue weighted by molar-refractivity contribution is -0.156. The molecule has 2 saturated carbocycles. The van der Waals surface area contributed by atoms with Crippen molar-refractivity contribution in [2.75, 3.05) is 0 Å². The van der Waals surface area contributed by atoms with Crippen molar-refractivity contribution >= 4 is 5.91 Å². The second kappa shape index (κ2) is 2.87. The molecule has 0 saturated heterocycles. The SMILES string of the molecule is NC(=O)CC1C[C@H]2C(C(F)(F)F)[C@@H]2C1. The van der Waals surface area contributed by atoms with Gasteiger partial charge in [-0.3, -0.25) is 4.79 Å². The van der Waals surface area contributed by atoms with E-state index in [-0.39, 0.29) is 24.2 Å². The fraction of sp³-hybridized carbons (Fsp3) is 0.889. The van der Waals surface area contributed by atoms with Crippen LogP contribution >= 0.6 is 0 Å². The van der Waals surface area contributed by atoms with Crippen LogP contribution in [0.4, 0.5) is 13.2 Å². The summed E-state index contributed by atoms with van der Waals surface area (Å²) in [5.41, 5.74) is 4.99. The lowest BCUT2D eigenvalue weighted by Crippen LogP contribution is -2.20. The molecular weight excluding hydrogens is 195 g/mol. The molecular formula is C9H12F3NO. The van der Waals surface area contributed by atoms with Crippen LogP contribution in [0.2, 0.25) is 0 Å². The van der Waals surface area contributed by atoms with Crippen molar-refractivity contribution in [2.24, 2.45) is 29.4 Å². The van der Waals surface area contributed by atoms with Crippen LogP contribution in [0.15, 0.2) is 0 Å². The number of nitrogens with two attached hydrogens (primary N) is 1. The fourth-order valence-electron chi connectivity index (χ4n) is 2.89. The molecule has 1 amide bonds. The number of hydrogen-bond donors (Lipinski definition) is 1. The predicted molar refractivity (Wildman–Crippen MR) is 43.1 cm³/mol. The molecule has 0 aliphatic heterocycles. The molecule has 0 spiro atoms. The van der Waals surface area contributed by atoms with E-state index in [1.165, 1.54) is 0 Å². The van der Waals surface area contributed by atoms with Crippen LogP contribution in [0.5, 0.6) is 0 Å². The summed E-state index contributed by atoms with van der Waals surface area (Å²) in [6.45, 7) is 0. The Morgan fingerprint density at radius 3 is 2.14 bits per heavy atom. The molecule has 80 valence electrons. The van der Waals surface area contributed by atoms with Crippen LogP contribution in [-0.2, 0) is 4.79 Å². The molecule has 0 aromatic rings. The number of rotatable bonds is 2. The van der Waals surface area contributed by atoms with E-state index >= 15 is 0 Å². The third-order valence-electron chi connectivity index (χ3n) is 3.41. The third kappa shape index (κ3) is 1.60. The molecule has 0 aromatic carbocycles. The quantitative estimate of drug-likeness (QED) is 0.735. The molecule has 5 heteroatoms. The molecule has 14 heavy (non-hydrogen) atoms. The van der Waals surface area contributed by atoms with Crippen LogP contribution in [0.1, 0.15) is 19.3 Å². The average molecular weight is 207 g/mol. The van der Waals surface area contributed by atoms with Gasteiger partial charge in [0.2, 0.25) is 5.91 Å². The first-order chi connectivity index (χ1) is 6.39. The van der Waals surface area contributed by atoms with Crippen LogP contribution in [-0.4, -0.2) is 12.1 Å². The molecule has 0 aromatic heterocycles. The van der Waals surface area contributed by atoms with Crippen molar-refractivity contribution in [2.45, 2.75) is 25.4 Å². The van der Waals surface area contributed by atoms with E-state index in [9.17, 15) is 18.0 Å². The maximum atomic E-state index is 12.3. The third-order valence-corrected chi connectivity index (χ3v) is 3.41. The van der Waals surface area contributed by atoms with Gasteiger partial charge in [-0.05, 0) is 30.6 Å². The number of halogens is 3. The molecule has 2 rings (SSSR count). The molecule has 2 atom stereocenters. The predicted octanol–water partition coefficient (Wildman–Crippen LogP) is 1.70. The van der Waals surface area contributed by atoms with Crippen molar-refractivity contribution in [1.82, 2.24) is 0 Å². The Balaban J connectivity index is 1.85. The first-order valence-corrected chi connectivity index (χ1v) is 4.74. The minimum atomic E-state index is -4.03. The summed E-state index contributed by atoms with van der Waals surface area (Å²) < 4.78 is 36.8. The fourth-order valence-corrected chi connectivity index (χ4v) is 2.89. The van der Waals surface area contributed by atoms with Crippen LogP contribution in [0.3, 0.4) is 0 Å². The van der Waals surface area contributed by atoms with Gasteiger partial charge in [-0.25, -0.2) is 0 Å². The molecule has 0 radical (unpaired) electrons. The number of alkyl halides is 3. The second-order valence-electron chi connectivity index (χ2n) is 4.40. The molecule has 2 nitrogen and oxygen atoms in total. The highest BCUT2D eigenvalue weighted by molar-refractivity contribution is 5.74. The van der Waals surface area contributed by atoms with Gasteiger partial charge in [-0.15, -0.1) is 0 Å². The highest BCUT2D eigenvalue weighted by Crippen LogP contribution is 2.65. The Morgan fingerprint density at radius 2 is 1.79 bits per heavy atom. The van der Waals surface area contributed by atoms with Gasteiger partial charge >= 0.3 is 6.18 Å². The van der Waals surface area contributed by atoms with Gasteiger partial charge < -0.3 is 5.73 Å². The van der Waals surface area contributed by atoms with E-state index in [4.69, 9.17) is 5.73 Å². The first-order valence-electron chi connectivity index (χ1n) is 4.74. The Kier molecular flexibility index (Phi) is 2.01. The van der Waals surface area contributed by atoms with Gasteiger partial charge in [0.05, 0.1) is 5.92 Å². The summed E-state index contributed by atoms with van der Waals surface area (Å²) in [7, 11) is 0. The standard InChI is InChI=1S/C9H12F3NO/c10-9(11,12)8-5-1-4(2-6(5)8)3-7(13)14/h4-6,8H,1-3H2,(H2,13,14)/t4?,5-,6-,8?/m1/s1. The second-order valence-corrected chi connectivity index (χ2v) is 4.40. The maximum absolute atomic E-state index is 12.3. The normalized spacial score (nSPS) is 36.9. The Hall–Kier alpha value is -0.740. The number of hydrogen-bond acceptors (Lipinski definition) is 1. The Labute approximate surface area is 79.6 Å². The van der Waals surface area contributed by atoms with Crippen LogP contribution in [0, 0.1) is 23.7 Å². The Morgan fingerprint density at radius 1 is 1.29 bits per heavy atom. The largest absolute Gasteiger partial charge is 0.392 e. The number of primary amides is 1. The minimum Gasteiger partial charge on any atom is -0.370 e. The van der Waals surface area contributed by atoms with Crippen LogP contribution < -0.4 is 5.73 Å².